The number of nitrogens with zero attached hydrogens (tertiary/aromatic N) is 1. The zero-order chi connectivity index (χ0) is 18.3. The van der Waals surface area contributed by atoms with E-state index in [9.17, 15) is 0 Å². The molecule has 1 rings (SSSR count). The Morgan fingerprint density at radius 2 is 1.17 bits per heavy atom. The average Bonchev–Trinajstić information content (AvgIpc) is 2.93. The van der Waals surface area contributed by atoms with Crippen molar-refractivity contribution in [1.29, 1.82) is 0 Å². The van der Waals surface area contributed by atoms with Gasteiger partial charge in [-0.1, -0.05) is 58.8 Å². The summed E-state index contributed by atoms with van der Waals surface area (Å²) in [7, 11) is -3.92. The topological polar surface area (TPSA) is 57.2 Å². The summed E-state index contributed by atoms with van der Waals surface area (Å²) < 4.78 is 28.7. The van der Waals surface area contributed by atoms with Crippen LogP contribution < -0.4 is 0 Å². The molecule has 0 amide bonds. The SMILES string of the molecule is CCCCCCCCCCC[N+]1(CCC)CCCC1.CS(=O)(=O)[O-]. The Morgan fingerprint density at radius 3 is 1.58 bits per heavy atom. The van der Waals surface area contributed by atoms with Crippen molar-refractivity contribution in [2.24, 2.45) is 0 Å². The predicted octanol–water partition coefficient (Wildman–Crippen LogP) is 4.70. The highest BCUT2D eigenvalue weighted by Crippen LogP contribution is 2.21. The second-order valence-electron chi connectivity index (χ2n) is 7.48. The first kappa shape index (κ1) is 23.9. The Labute approximate surface area is 151 Å². The molecular formula is C19H41NO3S. The fraction of sp³-hybridized carbons (Fsp3) is 1.00. The maximum atomic E-state index is 9.08. The minimum absolute atomic E-state index is 0.604. The summed E-state index contributed by atoms with van der Waals surface area (Å²) >= 11 is 0. The number of likely N-dealkylation sites (tertiary alicyclic amines) is 1. The standard InChI is InChI=1S/C18H38N.CH4O3S/c1-3-5-6-7-8-9-10-11-12-16-19(15-4-2)17-13-14-18-19;1-5(2,3)4/h3-18H2,1-2H3;1H3,(H,2,3,4)/q+1;/p-1. The van der Waals surface area contributed by atoms with Crippen molar-refractivity contribution in [3.8, 4) is 0 Å². The second kappa shape index (κ2) is 14.1. The van der Waals surface area contributed by atoms with Crippen LogP contribution in [0.4, 0.5) is 0 Å². The summed E-state index contributed by atoms with van der Waals surface area (Å²) in [4.78, 5) is 0. The van der Waals surface area contributed by atoms with Gasteiger partial charge in [0.2, 0.25) is 0 Å². The molecule has 0 aromatic carbocycles. The highest BCUT2D eigenvalue weighted by molar-refractivity contribution is 7.84. The Balaban J connectivity index is 0.000000922. The van der Waals surface area contributed by atoms with E-state index in [1.54, 1.807) is 0 Å². The molecule has 1 aliphatic heterocycles. The molecule has 0 bridgehead atoms. The van der Waals surface area contributed by atoms with Gasteiger partial charge in [0.15, 0.2) is 0 Å². The Hall–Kier alpha value is -0.130. The van der Waals surface area contributed by atoms with Crippen LogP contribution in [0.1, 0.15) is 90.9 Å². The Bertz CT molecular complexity index is 368. The van der Waals surface area contributed by atoms with Crippen molar-refractivity contribution in [2.75, 3.05) is 32.4 Å². The number of unbranched alkanes of at least 4 members (excludes halogenated alkanes) is 8. The first-order chi connectivity index (χ1) is 11.3. The first-order valence-corrected chi connectivity index (χ1v) is 11.9. The van der Waals surface area contributed by atoms with E-state index in [-0.39, 0.29) is 0 Å². The lowest BCUT2D eigenvalue weighted by atomic mass is 10.1. The molecule has 0 aromatic rings. The first-order valence-electron chi connectivity index (χ1n) is 10.1. The molecule has 1 fully saturated rings. The summed E-state index contributed by atoms with van der Waals surface area (Å²) in [6.07, 6.45) is 18.1. The largest absolute Gasteiger partial charge is 0.748 e. The lowest BCUT2D eigenvalue weighted by Gasteiger charge is -2.34. The van der Waals surface area contributed by atoms with Crippen molar-refractivity contribution >= 4 is 10.1 Å². The molecule has 0 spiro atoms. The van der Waals surface area contributed by atoms with Crippen molar-refractivity contribution in [1.82, 2.24) is 0 Å². The molecule has 0 atom stereocenters. The molecule has 24 heavy (non-hydrogen) atoms. The lowest BCUT2D eigenvalue weighted by molar-refractivity contribution is -0.917. The zero-order valence-corrected chi connectivity index (χ0v) is 17.2. The van der Waals surface area contributed by atoms with E-state index in [2.05, 4.69) is 13.8 Å². The summed E-state index contributed by atoms with van der Waals surface area (Å²) in [5.41, 5.74) is 0. The van der Waals surface area contributed by atoms with Gasteiger partial charge in [0, 0.05) is 19.1 Å². The summed E-state index contributed by atoms with van der Waals surface area (Å²) in [6.45, 7) is 10.5. The monoisotopic (exact) mass is 363 g/mol. The van der Waals surface area contributed by atoms with Crippen LogP contribution in [0.15, 0.2) is 0 Å². The minimum Gasteiger partial charge on any atom is -0.748 e. The maximum absolute atomic E-state index is 9.08. The van der Waals surface area contributed by atoms with Gasteiger partial charge in [-0.3, -0.25) is 0 Å². The number of hydrogen-bond donors (Lipinski definition) is 0. The predicted molar refractivity (Wildman–Crippen MR) is 102 cm³/mol. The highest BCUT2D eigenvalue weighted by atomic mass is 32.2. The summed E-state index contributed by atoms with van der Waals surface area (Å²) in [6, 6.07) is 0. The van der Waals surface area contributed by atoms with Gasteiger partial charge < -0.3 is 9.04 Å². The molecule has 0 radical (unpaired) electrons. The Morgan fingerprint density at radius 1 is 0.750 bits per heavy atom. The molecule has 0 unspecified atom stereocenters. The molecule has 0 N–H and O–H groups in total. The maximum Gasteiger partial charge on any atom is 0.0916 e. The van der Waals surface area contributed by atoms with Gasteiger partial charge in [0.25, 0.3) is 0 Å². The van der Waals surface area contributed by atoms with Crippen LogP contribution in [-0.4, -0.2) is 49.9 Å². The van der Waals surface area contributed by atoms with Crippen LogP contribution in [-0.2, 0) is 10.1 Å². The number of hydrogen-bond acceptors (Lipinski definition) is 3. The normalized spacial score (nSPS) is 16.7. The molecule has 146 valence electrons. The summed E-state index contributed by atoms with van der Waals surface area (Å²) in [5.74, 6) is 0. The van der Waals surface area contributed by atoms with Gasteiger partial charge in [-0.15, -0.1) is 0 Å². The molecular weight excluding hydrogens is 322 g/mol. The van der Waals surface area contributed by atoms with Crippen LogP contribution in [0.5, 0.6) is 0 Å². The van der Waals surface area contributed by atoms with Gasteiger partial charge in [-0.25, -0.2) is 8.42 Å². The second-order valence-corrected chi connectivity index (χ2v) is 8.88. The van der Waals surface area contributed by atoms with E-state index in [0.717, 1.165) is 0 Å². The van der Waals surface area contributed by atoms with Gasteiger partial charge in [0.1, 0.15) is 0 Å². The molecule has 0 saturated carbocycles. The molecule has 0 aliphatic carbocycles. The van der Waals surface area contributed by atoms with Crippen LogP contribution in [0, 0.1) is 0 Å². The van der Waals surface area contributed by atoms with E-state index < -0.39 is 10.1 Å². The molecule has 1 aliphatic rings. The van der Waals surface area contributed by atoms with E-state index in [1.165, 1.54) is 108 Å². The fourth-order valence-electron chi connectivity index (χ4n) is 3.80. The molecule has 1 heterocycles. The van der Waals surface area contributed by atoms with Crippen molar-refractivity contribution in [2.45, 2.75) is 90.9 Å². The third kappa shape index (κ3) is 15.4. The summed E-state index contributed by atoms with van der Waals surface area (Å²) in [5, 5.41) is 0. The van der Waals surface area contributed by atoms with Crippen LogP contribution >= 0.6 is 0 Å². The molecule has 0 aromatic heterocycles. The fourth-order valence-corrected chi connectivity index (χ4v) is 3.80. The van der Waals surface area contributed by atoms with E-state index in [1.807, 2.05) is 0 Å². The van der Waals surface area contributed by atoms with Crippen LogP contribution in [0.2, 0.25) is 0 Å². The van der Waals surface area contributed by atoms with Crippen LogP contribution in [0.25, 0.3) is 0 Å². The van der Waals surface area contributed by atoms with Crippen molar-refractivity contribution < 1.29 is 17.5 Å². The molecule has 5 heteroatoms. The van der Waals surface area contributed by atoms with E-state index in [4.69, 9.17) is 13.0 Å². The number of rotatable bonds is 12. The molecule has 1 saturated heterocycles. The van der Waals surface area contributed by atoms with E-state index in [0.29, 0.717) is 6.26 Å². The number of quaternary nitrogens is 1. The van der Waals surface area contributed by atoms with Crippen molar-refractivity contribution in [3.05, 3.63) is 0 Å². The van der Waals surface area contributed by atoms with Gasteiger partial charge in [-0.2, -0.15) is 0 Å². The minimum atomic E-state index is -3.92. The zero-order valence-electron chi connectivity index (χ0n) is 16.4. The van der Waals surface area contributed by atoms with Crippen molar-refractivity contribution in [3.63, 3.8) is 0 Å². The van der Waals surface area contributed by atoms with E-state index >= 15 is 0 Å². The van der Waals surface area contributed by atoms with Crippen LogP contribution in [0.3, 0.4) is 0 Å². The smallest absolute Gasteiger partial charge is 0.0916 e. The quantitative estimate of drug-likeness (QED) is 0.287. The molecule has 4 nitrogen and oxygen atoms in total. The lowest BCUT2D eigenvalue weighted by Crippen LogP contribution is -2.46. The third-order valence-electron chi connectivity index (χ3n) is 4.95. The van der Waals surface area contributed by atoms with Gasteiger partial charge in [0.05, 0.1) is 36.3 Å². The van der Waals surface area contributed by atoms with Gasteiger partial charge >= 0.3 is 0 Å². The average molecular weight is 364 g/mol. The third-order valence-corrected chi connectivity index (χ3v) is 4.95. The Kier molecular flexibility index (Phi) is 14.0. The van der Waals surface area contributed by atoms with Gasteiger partial charge in [-0.05, 0) is 19.3 Å². The highest BCUT2D eigenvalue weighted by Gasteiger charge is 2.29.